The van der Waals surface area contributed by atoms with Crippen molar-refractivity contribution in [2.75, 3.05) is 0 Å². The number of fused-ring (bicyclic) bond motifs is 1. The fourth-order valence-corrected chi connectivity index (χ4v) is 4.19. The van der Waals surface area contributed by atoms with Crippen molar-refractivity contribution >= 4 is 23.3 Å². The van der Waals surface area contributed by atoms with Gasteiger partial charge in [-0.1, -0.05) is 72.3 Å². The minimum atomic E-state index is -0.0313. The average Bonchev–Trinajstić information content (AvgIpc) is 3.11. The maximum absolute atomic E-state index is 13.4. The van der Waals surface area contributed by atoms with Crippen LogP contribution in [0.2, 0.25) is 5.02 Å². The predicted octanol–water partition coefficient (Wildman–Crippen LogP) is 5.90. The van der Waals surface area contributed by atoms with Crippen molar-refractivity contribution in [3.05, 3.63) is 123 Å². The van der Waals surface area contributed by atoms with E-state index in [1.807, 2.05) is 72.8 Å². The molecular weight excluding hydrogens is 380 g/mol. The molecule has 0 spiro atoms. The number of nitrogens with zero attached hydrogens (tertiary/aromatic N) is 1. The van der Waals surface area contributed by atoms with Crippen molar-refractivity contribution in [3.8, 4) is 5.69 Å². The summed E-state index contributed by atoms with van der Waals surface area (Å²) in [4.78, 5) is 13.4. The van der Waals surface area contributed by atoms with E-state index in [0.717, 1.165) is 28.9 Å². The van der Waals surface area contributed by atoms with Gasteiger partial charge >= 0.3 is 0 Å². The van der Waals surface area contributed by atoms with Gasteiger partial charge in [-0.25, -0.2) is 4.68 Å². The molecule has 0 amide bonds. The van der Waals surface area contributed by atoms with Gasteiger partial charge in [-0.15, -0.1) is 0 Å². The molecule has 1 N–H and O–H groups in total. The fraction of sp³-hybridized carbons (Fsp3) is 0.0800. The lowest BCUT2D eigenvalue weighted by Crippen LogP contribution is -2.21. The number of rotatable bonds is 3. The molecule has 1 heterocycles. The van der Waals surface area contributed by atoms with Gasteiger partial charge in [-0.3, -0.25) is 9.89 Å². The molecule has 0 bridgehead atoms. The van der Waals surface area contributed by atoms with E-state index in [1.165, 1.54) is 11.1 Å². The number of hydrogen-bond acceptors (Lipinski definition) is 1. The highest BCUT2D eigenvalue weighted by atomic mass is 35.5. The summed E-state index contributed by atoms with van der Waals surface area (Å²) < 4.78 is 1.64. The lowest BCUT2D eigenvalue weighted by molar-refractivity contribution is 0.814. The van der Waals surface area contributed by atoms with Crippen LogP contribution in [-0.4, -0.2) is 9.78 Å². The van der Waals surface area contributed by atoms with E-state index in [-0.39, 0.29) is 11.5 Å². The number of para-hydroxylation sites is 1. The summed E-state index contributed by atoms with van der Waals surface area (Å²) in [5.41, 5.74) is 5.96. The molecule has 4 aromatic rings. The molecule has 4 heteroatoms. The number of aromatic nitrogens is 2. The highest BCUT2D eigenvalue weighted by Crippen LogP contribution is 2.40. The first-order chi connectivity index (χ1) is 14.2. The summed E-state index contributed by atoms with van der Waals surface area (Å²) in [7, 11) is 0. The lowest BCUT2D eigenvalue weighted by atomic mass is 9.80. The van der Waals surface area contributed by atoms with Crippen LogP contribution in [0.1, 0.15) is 34.7 Å². The first-order valence-corrected chi connectivity index (χ1v) is 10.0. The third-order valence-corrected chi connectivity index (χ3v) is 5.73. The van der Waals surface area contributed by atoms with Crippen LogP contribution in [0.4, 0.5) is 0 Å². The van der Waals surface area contributed by atoms with Crippen molar-refractivity contribution in [2.24, 2.45) is 0 Å². The number of benzene rings is 3. The summed E-state index contributed by atoms with van der Waals surface area (Å²) in [5.74, 6) is -0.0313. The molecule has 3 aromatic carbocycles. The zero-order valence-corrected chi connectivity index (χ0v) is 16.4. The van der Waals surface area contributed by atoms with Crippen LogP contribution < -0.4 is 5.56 Å². The van der Waals surface area contributed by atoms with Crippen LogP contribution in [0.3, 0.4) is 0 Å². The van der Waals surface area contributed by atoms with Crippen LogP contribution in [-0.2, 0) is 0 Å². The Labute approximate surface area is 173 Å². The lowest BCUT2D eigenvalue weighted by Gasteiger charge is -2.23. The van der Waals surface area contributed by atoms with E-state index in [1.54, 1.807) is 4.68 Å². The number of H-pyrrole nitrogens is 1. The van der Waals surface area contributed by atoms with Gasteiger partial charge in [0.25, 0.3) is 5.56 Å². The van der Waals surface area contributed by atoms with Gasteiger partial charge in [0.15, 0.2) is 0 Å². The Kier molecular flexibility index (Phi) is 4.45. The number of halogens is 1. The Morgan fingerprint density at radius 2 is 1.52 bits per heavy atom. The van der Waals surface area contributed by atoms with Gasteiger partial charge < -0.3 is 0 Å². The van der Waals surface area contributed by atoms with E-state index < -0.39 is 0 Å². The third kappa shape index (κ3) is 3.24. The number of aromatic amines is 1. The molecule has 29 heavy (non-hydrogen) atoms. The van der Waals surface area contributed by atoms with Crippen LogP contribution >= 0.6 is 11.6 Å². The Morgan fingerprint density at radius 1 is 0.862 bits per heavy atom. The van der Waals surface area contributed by atoms with E-state index in [0.29, 0.717) is 5.02 Å². The number of hydrogen-bond donors (Lipinski definition) is 1. The van der Waals surface area contributed by atoms with Gasteiger partial charge in [0.1, 0.15) is 0 Å². The zero-order valence-electron chi connectivity index (χ0n) is 15.7. The van der Waals surface area contributed by atoms with E-state index >= 15 is 0 Å². The number of allylic oxidation sites excluding steroid dienone is 1. The Bertz CT molecular complexity index is 1240. The minimum absolute atomic E-state index is 0.00508. The van der Waals surface area contributed by atoms with Crippen LogP contribution in [0.15, 0.2) is 89.7 Å². The molecule has 142 valence electrons. The van der Waals surface area contributed by atoms with Gasteiger partial charge in [0.05, 0.1) is 16.9 Å². The van der Waals surface area contributed by atoms with Crippen molar-refractivity contribution < 1.29 is 0 Å². The van der Waals surface area contributed by atoms with Gasteiger partial charge in [0.2, 0.25) is 0 Å². The maximum Gasteiger partial charge on any atom is 0.275 e. The van der Waals surface area contributed by atoms with Crippen LogP contribution in [0.25, 0.3) is 17.3 Å². The van der Waals surface area contributed by atoms with Gasteiger partial charge in [0, 0.05) is 10.9 Å². The molecule has 1 aliphatic rings. The van der Waals surface area contributed by atoms with E-state index in [9.17, 15) is 4.79 Å². The Hall–Kier alpha value is -3.30. The third-order valence-electron chi connectivity index (χ3n) is 5.48. The molecular formula is C25H19ClN2O. The molecule has 1 atom stereocenters. The summed E-state index contributed by atoms with van der Waals surface area (Å²) in [6.07, 6.45) is 2.87. The molecule has 0 saturated carbocycles. The first-order valence-electron chi connectivity index (χ1n) is 9.62. The second-order valence-corrected chi connectivity index (χ2v) is 7.70. The van der Waals surface area contributed by atoms with Crippen molar-refractivity contribution in [1.29, 1.82) is 0 Å². The molecule has 0 radical (unpaired) electrons. The summed E-state index contributed by atoms with van der Waals surface area (Å²) in [6, 6.07) is 27.8. The quantitative estimate of drug-likeness (QED) is 0.458. The highest BCUT2D eigenvalue weighted by Gasteiger charge is 2.29. The molecule has 1 unspecified atom stereocenters. The van der Waals surface area contributed by atoms with Gasteiger partial charge in [-0.05, 0) is 53.5 Å². The summed E-state index contributed by atoms with van der Waals surface area (Å²) in [5, 5.41) is 4.02. The Balaban J connectivity index is 1.71. The normalized spacial score (nSPS) is 15.6. The minimum Gasteiger partial charge on any atom is -0.291 e. The van der Waals surface area contributed by atoms with E-state index in [4.69, 9.17) is 11.6 Å². The largest absolute Gasteiger partial charge is 0.291 e. The van der Waals surface area contributed by atoms with Gasteiger partial charge in [-0.2, -0.15) is 0 Å². The summed E-state index contributed by atoms with van der Waals surface area (Å²) >= 11 is 6.11. The monoisotopic (exact) mass is 398 g/mol. The highest BCUT2D eigenvalue weighted by molar-refractivity contribution is 6.30. The maximum atomic E-state index is 13.4. The summed E-state index contributed by atoms with van der Waals surface area (Å²) in [6.45, 7) is 0. The second-order valence-electron chi connectivity index (χ2n) is 7.26. The molecule has 0 saturated heterocycles. The predicted molar refractivity (Wildman–Crippen MR) is 119 cm³/mol. The average molecular weight is 399 g/mol. The molecule has 0 fully saturated rings. The van der Waals surface area contributed by atoms with Crippen LogP contribution in [0.5, 0.6) is 0 Å². The molecule has 0 aliphatic heterocycles. The van der Waals surface area contributed by atoms with Crippen molar-refractivity contribution in [3.63, 3.8) is 0 Å². The molecule has 1 aromatic heterocycles. The molecule has 3 nitrogen and oxygen atoms in total. The van der Waals surface area contributed by atoms with Crippen molar-refractivity contribution in [1.82, 2.24) is 9.78 Å². The topological polar surface area (TPSA) is 37.8 Å². The van der Waals surface area contributed by atoms with E-state index in [2.05, 4.69) is 23.3 Å². The zero-order chi connectivity index (χ0) is 19.8. The number of nitrogens with one attached hydrogen (secondary N) is 1. The second kappa shape index (κ2) is 7.26. The SMILES string of the molecule is O=c1c2c([nH]n1-c1ccccc1)C=C(c1ccccc1)CC2c1ccc(Cl)cc1. The van der Waals surface area contributed by atoms with Crippen LogP contribution in [0, 0.1) is 0 Å². The van der Waals surface area contributed by atoms with Crippen molar-refractivity contribution in [2.45, 2.75) is 12.3 Å². The molecule has 1 aliphatic carbocycles. The Morgan fingerprint density at radius 3 is 2.21 bits per heavy atom. The standard InChI is InChI=1S/C25H19ClN2O/c26-20-13-11-18(12-14-20)22-15-19(17-7-3-1-4-8-17)16-23-24(22)25(29)28(27-23)21-9-5-2-6-10-21/h1-14,16,22,27H,15H2. The molecule has 5 rings (SSSR count). The fourth-order valence-electron chi connectivity index (χ4n) is 4.06. The first kappa shape index (κ1) is 17.8. The smallest absolute Gasteiger partial charge is 0.275 e.